The van der Waals surface area contributed by atoms with E-state index in [9.17, 15) is 10.2 Å². The first-order valence-corrected chi connectivity index (χ1v) is 8.60. The lowest BCUT2D eigenvalue weighted by Crippen LogP contribution is -2.22. The van der Waals surface area contributed by atoms with Gasteiger partial charge in [-0.2, -0.15) is 5.10 Å². The summed E-state index contributed by atoms with van der Waals surface area (Å²) in [4.78, 5) is 0. The molecule has 0 saturated carbocycles. The summed E-state index contributed by atoms with van der Waals surface area (Å²) in [5.41, 5.74) is 2.85. The molecule has 27 heavy (non-hydrogen) atoms. The van der Waals surface area contributed by atoms with Crippen LogP contribution in [0.3, 0.4) is 0 Å². The van der Waals surface area contributed by atoms with Crippen molar-refractivity contribution in [2.24, 2.45) is 5.10 Å². The van der Waals surface area contributed by atoms with Crippen molar-refractivity contribution < 1.29 is 14.9 Å². The van der Waals surface area contributed by atoms with Crippen LogP contribution in [0.25, 0.3) is 11.1 Å². The van der Waals surface area contributed by atoms with Gasteiger partial charge in [0.25, 0.3) is 0 Å². The molecular weight excluding hydrogens is 340 g/mol. The first kappa shape index (κ1) is 18.3. The molecule has 5 nitrogen and oxygen atoms in total. The van der Waals surface area contributed by atoms with Crippen molar-refractivity contribution in [2.75, 3.05) is 5.01 Å². The van der Waals surface area contributed by atoms with Gasteiger partial charge < -0.3 is 14.9 Å². The zero-order valence-electron chi connectivity index (χ0n) is 15.4. The van der Waals surface area contributed by atoms with Crippen molar-refractivity contribution in [3.05, 3.63) is 85.0 Å². The summed E-state index contributed by atoms with van der Waals surface area (Å²) in [6, 6.07) is 15.4. The van der Waals surface area contributed by atoms with Crippen LogP contribution in [0.15, 0.2) is 90.1 Å². The first-order chi connectivity index (χ1) is 12.9. The minimum absolute atomic E-state index is 0.0305. The number of aliphatic hydroxyl groups excluding tert-OH is 2. The molecule has 2 aromatic carbocycles. The van der Waals surface area contributed by atoms with E-state index in [-0.39, 0.29) is 28.9 Å². The Morgan fingerprint density at radius 2 is 1.70 bits per heavy atom. The predicted octanol–water partition coefficient (Wildman–Crippen LogP) is 5.34. The molecule has 5 heteroatoms. The van der Waals surface area contributed by atoms with Crippen molar-refractivity contribution in [2.45, 2.75) is 20.0 Å². The predicted molar refractivity (Wildman–Crippen MR) is 109 cm³/mol. The van der Waals surface area contributed by atoms with E-state index >= 15 is 0 Å². The number of hydrazone groups is 1. The normalized spacial score (nSPS) is 14.0. The van der Waals surface area contributed by atoms with E-state index in [0.29, 0.717) is 0 Å². The van der Waals surface area contributed by atoms with Crippen LogP contribution in [0.5, 0.6) is 5.75 Å². The van der Waals surface area contributed by atoms with Gasteiger partial charge in [-0.3, -0.25) is 0 Å². The highest BCUT2D eigenvalue weighted by Crippen LogP contribution is 2.38. The van der Waals surface area contributed by atoms with E-state index in [1.165, 1.54) is 11.2 Å². The third-order valence-electron chi connectivity index (χ3n) is 4.01. The highest BCUT2D eigenvalue weighted by molar-refractivity contribution is 6.13. The summed E-state index contributed by atoms with van der Waals surface area (Å²) in [7, 11) is 0. The second-order valence-electron chi connectivity index (χ2n) is 6.41. The van der Waals surface area contributed by atoms with Crippen LogP contribution in [0, 0.1) is 0 Å². The molecule has 0 spiro atoms. The third kappa shape index (κ3) is 3.72. The molecule has 0 radical (unpaired) electrons. The van der Waals surface area contributed by atoms with Gasteiger partial charge in [0, 0.05) is 16.7 Å². The standard InChI is InChI=1S/C22H22N2O3/c1-14(2)27-21-12-8-6-10-18(21)17-9-5-7-11-19(17)24-13-20(26)15(3)22(23-24)16(4)25/h5-14,25-26H,3-4H2,1-2H3. The second-order valence-corrected chi connectivity index (χ2v) is 6.41. The minimum atomic E-state index is -0.259. The number of para-hydroxylation sites is 2. The summed E-state index contributed by atoms with van der Waals surface area (Å²) >= 11 is 0. The van der Waals surface area contributed by atoms with Crippen LogP contribution in [0.2, 0.25) is 0 Å². The average Bonchev–Trinajstić information content (AvgIpc) is 2.63. The summed E-state index contributed by atoms with van der Waals surface area (Å²) in [6.07, 6.45) is 1.49. The molecule has 3 rings (SSSR count). The van der Waals surface area contributed by atoms with E-state index in [1.807, 2.05) is 62.4 Å². The Labute approximate surface area is 158 Å². The van der Waals surface area contributed by atoms with Gasteiger partial charge in [-0.05, 0) is 26.0 Å². The molecule has 0 fully saturated rings. The molecule has 138 valence electrons. The van der Waals surface area contributed by atoms with Gasteiger partial charge in [-0.1, -0.05) is 49.6 Å². The zero-order valence-corrected chi connectivity index (χ0v) is 15.4. The molecular formula is C22H22N2O3. The van der Waals surface area contributed by atoms with Crippen molar-refractivity contribution in [3.8, 4) is 16.9 Å². The van der Waals surface area contributed by atoms with Gasteiger partial charge >= 0.3 is 0 Å². The lowest BCUT2D eigenvalue weighted by molar-refractivity contribution is 0.243. The Hall–Kier alpha value is -3.47. The van der Waals surface area contributed by atoms with E-state index in [2.05, 4.69) is 18.3 Å². The fraction of sp³-hybridized carbons (Fsp3) is 0.136. The Morgan fingerprint density at radius 3 is 2.37 bits per heavy atom. The maximum Gasteiger partial charge on any atom is 0.142 e. The molecule has 0 saturated heterocycles. The van der Waals surface area contributed by atoms with Crippen LogP contribution < -0.4 is 9.75 Å². The molecule has 0 amide bonds. The lowest BCUT2D eigenvalue weighted by atomic mass is 10.0. The van der Waals surface area contributed by atoms with Gasteiger partial charge in [0.15, 0.2) is 0 Å². The molecule has 0 unspecified atom stereocenters. The molecule has 2 N–H and O–H groups in total. The number of ether oxygens (including phenoxy) is 1. The Morgan fingerprint density at radius 1 is 1.07 bits per heavy atom. The zero-order chi connectivity index (χ0) is 19.6. The number of aliphatic hydroxyl groups is 2. The smallest absolute Gasteiger partial charge is 0.142 e. The number of hydrogen-bond acceptors (Lipinski definition) is 5. The van der Waals surface area contributed by atoms with Gasteiger partial charge in [-0.25, -0.2) is 5.01 Å². The Balaban J connectivity index is 2.14. The number of rotatable bonds is 5. The summed E-state index contributed by atoms with van der Waals surface area (Å²) < 4.78 is 5.95. The van der Waals surface area contributed by atoms with Gasteiger partial charge in [0.05, 0.1) is 18.0 Å². The monoisotopic (exact) mass is 362 g/mol. The molecule has 0 atom stereocenters. The van der Waals surface area contributed by atoms with Gasteiger partial charge in [-0.15, -0.1) is 0 Å². The van der Waals surface area contributed by atoms with E-state index in [0.717, 1.165) is 22.6 Å². The van der Waals surface area contributed by atoms with Crippen molar-refractivity contribution in [3.63, 3.8) is 0 Å². The summed E-state index contributed by atoms with van der Waals surface area (Å²) in [5, 5.41) is 25.9. The molecule has 1 aliphatic rings. The number of nitrogens with zero attached hydrogens (tertiary/aromatic N) is 2. The van der Waals surface area contributed by atoms with Crippen LogP contribution >= 0.6 is 0 Å². The van der Waals surface area contributed by atoms with Crippen LogP contribution in [-0.2, 0) is 0 Å². The summed E-state index contributed by atoms with van der Waals surface area (Å²) in [5.74, 6) is 0.410. The maximum absolute atomic E-state index is 10.2. The molecule has 0 aliphatic carbocycles. The summed E-state index contributed by atoms with van der Waals surface area (Å²) in [6.45, 7) is 11.2. The van der Waals surface area contributed by atoms with Gasteiger partial charge in [0.2, 0.25) is 0 Å². The molecule has 0 aromatic heterocycles. The number of anilines is 1. The molecule has 1 aliphatic heterocycles. The molecule has 0 bridgehead atoms. The van der Waals surface area contributed by atoms with E-state index in [1.54, 1.807) is 0 Å². The average molecular weight is 362 g/mol. The van der Waals surface area contributed by atoms with Crippen LogP contribution in [-0.4, -0.2) is 22.0 Å². The molecule has 2 aromatic rings. The van der Waals surface area contributed by atoms with Crippen LogP contribution in [0.1, 0.15) is 13.8 Å². The topological polar surface area (TPSA) is 65.3 Å². The lowest BCUT2D eigenvalue weighted by Gasteiger charge is -2.25. The molecule has 1 heterocycles. The number of hydrogen-bond donors (Lipinski definition) is 2. The van der Waals surface area contributed by atoms with Crippen LogP contribution in [0.4, 0.5) is 5.69 Å². The highest BCUT2D eigenvalue weighted by atomic mass is 16.5. The quantitative estimate of drug-likeness (QED) is 0.704. The Bertz CT molecular complexity index is 958. The van der Waals surface area contributed by atoms with E-state index < -0.39 is 0 Å². The number of benzene rings is 2. The fourth-order valence-corrected chi connectivity index (χ4v) is 2.81. The van der Waals surface area contributed by atoms with Crippen molar-refractivity contribution in [1.29, 1.82) is 0 Å². The first-order valence-electron chi connectivity index (χ1n) is 8.60. The number of allylic oxidation sites excluding steroid dienone is 2. The largest absolute Gasteiger partial charge is 0.506 e. The fourth-order valence-electron chi connectivity index (χ4n) is 2.81. The second kappa shape index (κ2) is 7.41. The Kier molecular flexibility index (Phi) is 5.03. The maximum atomic E-state index is 10.2. The SMILES string of the molecule is C=C(O)C1=NN(c2ccccc2-c2ccccc2OC(C)C)C=C(O)C1=C. The van der Waals surface area contributed by atoms with E-state index in [4.69, 9.17) is 4.74 Å². The highest BCUT2D eigenvalue weighted by Gasteiger charge is 2.23. The third-order valence-corrected chi connectivity index (χ3v) is 4.01. The van der Waals surface area contributed by atoms with Crippen molar-refractivity contribution in [1.82, 2.24) is 0 Å². The van der Waals surface area contributed by atoms with Crippen molar-refractivity contribution >= 4 is 11.4 Å². The van der Waals surface area contributed by atoms with Gasteiger partial charge in [0.1, 0.15) is 23.0 Å². The minimum Gasteiger partial charge on any atom is -0.506 e.